The minimum Gasteiger partial charge on any atom is -0.368 e. The molecule has 2 unspecified atom stereocenters. The van der Waals surface area contributed by atoms with Gasteiger partial charge in [0, 0.05) is 30.6 Å². The lowest BCUT2D eigenvalue weighted by Gasteiger charge is -2.31. The second-order valence-electron chi connectivity index (χ2n) is 7.02. The number of aryl methyl sites for hydroxylation is 1. The number of aromatic nitrogens is 1. The molecule has 140 valence electrons. The maximum absolute atomic E-state index is 11.9. The van der Waals surface area contributed by atoms with E-state index in [1.807, 2.05) is 55.0 Å². The quantitative estimate of drug-likeness (QED) is 0.720. The zero-order valence-corrected chi connectivity index (χ0v) is 15.4. The Morgan fingerprint density at radius 3 is 2.59 bits per heavy atom. The zero-order valence-electron chi connectivity index (χ0n) is 15.4. The molecule has 0 saturated heterocycles. The molecule has 27 heavy (non-hydrogen) atoms. The smallest absolute Gasteiger partial charge is 0.239 e. The predicted octanol–water partition coefficient (Wildman–Crippen LogP) is 2.85. The molecule has 0 saturated carbocycles. The van der Waals surface area contributed by atoms with Crippen LogP contribution in [0.25, 0.3) is 0 Å². The van der Waals surface area contributed by atoms with Crippen molar-refractivity contribution in [1.29, 1.82) is 0 Å². The van der Waals surface area contributed by atoms with E-state index in [1.54, 1.807) is 0 Å². The van der Waals surface area contributed by atoms with Gasteiger partial charge >= 0.3 is 0 Å². The monoisotopic (exact) mass is 362 g/mol. The topological polar surface area (TPSA) is 80.4 Å². The van der Waals surface area contributed by atoms with Crippen LogP contribution in [0.15, 0.2) is 72.0 Å². The number of nitrogens with one attached hydrogen (secondary N) is 1. The number of hydrogen-bond donors (Lipinski definition) is 2. The van der Waals surface area contributed by atoms with Crippen LogP contribution < -0.4 is 11.1 Å². The van der Waals surface area contributed by atoms with Gasteiger partial charge in [-0.2, -0.15) is 0 Å². The van der Waals surface area contributed by atoms with Crippen LogP contribution in [0, 0.1) is 5.41 Å². The fourth-order valence-electron chi connectivity index (χ4n) is 3.48. The molecule has 1 aliphatic rings. The molecular formula is C22H26N4O. The summed E-state index contributed by atoms with van der Waals surface area (Å²) in [5.74, 6) is -0.357. The van der Waals surface area contributed by atoms with Crippen molar-refractivity contribution in [2.45, 2.75) is 25.3 Å². The molecule has 0 aliphatic carbocycles. The number of pyridine rings is 1. The Labute approximate surface area is 160 Å². The van der Waals surface area contributed by atoms with Crippen LogP contribution in [-0.4, -0.2) is 30.2 Å². The number of allylic oxidation sites excluding steroid dienone is 1. The van der Waals surface area contributed by atoms with Crippen molar-refractivity contribution in [3.05, 3.63) is 78.1 Å². The van der Waals surface area contributed by atoms with Crippen molar-refractivity contribution in [1.82, 2.24) is 10.3 Å². The van der Waals surface area contributed by atoms with Gasteiger partial charge in [-0.05, 0) is 55.1 Å². The Hall–Kier alpha value is -2.79. The third kappa shape index (κ3) is 5.34. The molecule has 5 heteroatoms. The fourth-order valence-corrected chi connectivity index (χ4v) is 3.48. The van der Waals surface area contributed by atoms with Gasteiger partial charge < -0.3 is 11.1 Å². The number of amides is 1. The highest BCUT2D eigenvalue weighted by molar-refractivity contribution is 5.81. The fraction of sp³-hybridized carbons (Fsp3) is 0.318. The zero-order chi connectivity index (χ0) is 19.0. The number of primary amides is 1. The average molecular weight is 362 g/mol. The van der Waals surface area contributed by atoms with E-state index < -0.39 is 6.04 Å². The number of rotatable bonds is 9. The van der Waals surface area contributed by atoms with E-state index in [2.05, 4.69) is 33.5 Å². The van der Waals surface area contributed by atoms with E-state index in [4.69, 9.17) is 5.73 Å². The molecular weight excluding hydrogens is 336 g/mol. The van der Waals surface area contributed by atoms with Crippen molar-refractivity contribution < 1.29 is 4.79 Å². The minimum absolute atomic E-state index is 0.0100. The van der Waals surface area contributed by atoms with Gasteiger partial charge in [0.15, 0.2) is 0 Å². The molecule has 0 bridgehead atoms. The first-order valence-electron chi connectivity index (χ1n) is 9.33. The van der Waals surface area contributed by atoms with Crippen LogP contribution in [0.1, 0.15) is 30.0 Å². The number of aliphatic imine (C=N–C) groups is 1. The molecule has 0 radical (unpaired) electrons. The summed E-state index contributed by atoms with van der Waals surface area (Å²) in [5.41, 5.74) is 7.77. The number of carbonyl (C=O) groups excluding carboxylic acids is 1. The summed E-state index contributed by atoms with van der Waals surface area (Å²) >= 11 is 0. The molecule has 3 N–H and O–H groups in total. The van der Waals surface area contributed by atoms with Crippen molar-refractivity contribution in [3.63, 3.8) is 0 Å². The predicted molar refractivity (Wildman–Crippen MR) is 108 cm³/mol. The molecule has 1 aromatic heterocycles. The van der Waals surface area contributed by atoms with E-state index >= 15 is 0 Å². The lowest BCUT2D eigenvalue weighted by Crippen LogP contribution is -2.37. The van der Waals surface area contributed by atoms with Gasteiger partial charge in [-0.3, -0.25) is 14.8 Å². The third-order valence-corrected chi connectivity index (χ3v) is 5.10. The second kappa shape index (κ2) is 9.24. The van der Waals surface area contributed by atoms with E-state index in [0.29, 0.717) is 6.54 Å². The van der Waals surface area contributed by atoms with E-state index in [9.17, 15) is 4.79 Å². The molecule has 0 fully saturated rings. The lowest BCUT2D eigenvalue weighted by molar-refractivity contribution is -0.120. The number of nitrogens with two attached hydrogens (primary N) is 1. The number of carbonyl (C=O) groups is 1. The molecule has 0 spiro atoms. The summed E-state index contributed by atoms with van der Waals surface area (Å²) in [6.45, 7) is 1.46. The molecule has 1 amide bonds. The summed E-state index contributed by atoms with van der Waals surface area (Å²) in [6, 6.07) is 13.3. The molecule has 2 atom stereocenters. The normalized spacial score (nSPS) is 19.7. The van der Waals surface area contributed by atoms with Gasteiger partial charge in [0.1, 0.15) is 6.04 Å². The maximum Gasteiger partial charge on any atom is 0.239 e. The number of nitrogens with zero attached hydrogens (tertiary/aromatic N) is 2. The first-order valence-corrected chi connectivity index (χ1v) is 9.33. The highest BCUT2D eigenvalue weighted by Gasteiger charge is 2.28. The van der Waals surface area contributed by atoms with Gasteiger partial charge in [-0.15, -0.1) is 0 Å². The van der Waals surface area contributed by atoms with Crippen LogP contribution in [0.3, 0.4) is 0 Å². The van der Waals surface area contributed by atoms with E-state index in [-0.39, 0.29) is 11.3 Å². The van der Waals surface area contributed by atoms with Gasteiger partial charge in [0.25, 0.3) is 0 Å². The molecule has 1 aromatic carbocycles. The summed E-state index contributed by atoms with van der Waals surface area (Å²) in [7, 11) is 0. The van der Waals surface area contributed by atoms with Gasteiger partial charge in [-0.25, -0.2) is 0 Å². The number of hydrogen-bond acceptors (Lipinski definition) is 4. The van der Waals surface area contributed by atoms with Crippen LogP contribution in [-0.2, 0) is 11.2 Å². The largest absolute Gasteiger partial charge is 0.368 e. The van der Waals surface area contributed by atoms with Crippen molar-refractivity contribution >= 4 is 12.1 Å². The Kier molecular flexibility index (Phi) is 6.49. The Bertz CT molecular complexity index is 788. The standard InChI is InChI=1S/C22H26N4O/c23-21(27)20(19-5-2-1-3-6-19)26-16-12-22(10-4-13-25-17-22)11-7-18-8-14-24-15-9-18/h1-6,8-10,13-15,20,26H,7,11-12,16-17H2,(H2,23,27). The van der Waals surface area contributed by atoms with Crippen LogP contribution in [0.2, 0.25) is 0 Å². The number of benzene rings is 1. The van der Waals surface area contributed by atoms with Crippen LogP contribution >= 0.6 is 0 Å². The highest BCUT2D eigenvalue weighted by atomic mass is 16.1. The molecule has 5 nitrogen and oxygen atoms in total. The Balaban J connectivity index is 1.62. The van der Waals surface area contributed by atoms with Crippen LogP contribution in [0.4, 0.5) is 0 Å². The number of dihydropyridines is 1. The lowest BCUT2D eigenvalue weighted by atomic mass is 9.78. The minimum atomic E-state index is -0.473. The molecule has 3 rings (SSSR count). The summed E-state index contributed by atoms with van der Waals surface area (Å²) < 4.78 is 0. The third-order valence-electron chi connectivity index (χ3n) is 5.10. The van der Waals surface area contributed by atoms with Crippen molar-refractivity contribution in [2.24, 2.45) is 16.1 Å². The van der Waals surface area contributed by atoms with Crippen molar-refractivity contribution in [3.8, 4) is 0 Å². The summed E-state index contributed by atoms with van der Waals surface area (Å²) in [6.07, 6.45) is 12.7. The Morgan fingerprint density at radius 1 is 1.15 bits per heavy atom. The average Bonchev–Trinajstić information content (AvgIpc) is 2.72. The second-order valence-corrected chi connectivity index (χ2v) is 7.02. The summed E-state index contributed by atoms with van der Waals surface area (Å²) in [5, 5.41) is 3.34. The molecule has 2 heterocycles. The SMILES string of the molecule is NC(=O)C(NCCC1(CCc2ccncc2)C=CC=NC1)c1ccccc1. The van der Waals surface area contributed by atoms with Crippen LogP contribution in [0.5, 0.6) is 0 Å². The molecule has 1 aliphatic heterocycles. The first-order chi connectivity index (χ1) is 13.2. The molecule has 2 aromatic rings. The van der Waals surface area contributed by atoms with Crippen molar-refractivity contribution in [2.75, 3.05) is 13.1 Å². The highest BCUT2D eigenvalue weighted by Crippen LogP contribution is 2.32. The maximum atomic E-state index is 11.9. The van der Waals surface area contributed by atoms with E-state index in [1.165, 1.54) is 5.56 Å². The van der Waals surface area contributed by atoms with Gasteiger partial charge in [0.2, 0.25) is 5.91 Å². The van der Waals surface area contributed by atoms with Gasteiger partial charge in [0.05, 0.1) is 0 Å². The first kappa shape index (κ1) is 19.0. The summed E-state index contributed by atoms with van der Waals surface area (Å²) in [4.78, 5) is 20.5. The van der Waals surface area contributed by atoms with Gasteiger partial charge in [-0.1, -0.05) is 36.4 Å². The van der Waals surface area contributed by atoms with E-state index in [0.717, 1.165) is 31.4 Å². The Morgan fingerprint density at radius 2 is 1.93 bits per heavy atom.